The first-order valence-electron chi connectivity index (χ1n) is 9.95. The van der Waals surface area contributed by atoms with E-state index in [0.717, 1.165) is 4.57 Å². The summed E-state index contributed by atoms with van der Waals surface area (Å²) in [5.41, 5.74) is -1.12. The molecule has 208 valence electrons. The van der Waals surface area contributed by atoms with Crippen molar-refractivity contribution in [3.63, 3.8) is 0 Å². The van der Waals surface area contributed by atoms with Gasteiger partial charge in [-0.1, -0.05) is 42.4 Å². The van der Waals surface area contributed by atoms with Crippen molar-refractivity contribution in [1.29, 1.82) is 0 Å². The number of hydrogen-bond acceptors (Lipinski definition) is 12. The molecule has 1 aromatic heterocycles. The number of hydrogen-bond donors (Lipinski definition) is 5. The van der Waals surface area contributed by atoms with Gasteiger partial charge in [0.05, 0.1) is 12.7 Å². The lowest BCUT2D eigenvalue weighted by atomic mass is 10.2. The molecule has 2 heterocycles. The highest BCUT2D eigenvalue weighted by molar-refractivity contribution is 8.77. The fraction of sp³-hybridized carbons (Fsp3) is 0.733. The predicted octanol–water partition coefficient (Wildman–Crippen LogP) is 2.00. The van der Waals surface area contributed by atoms with Crippen LogP contribution in [0.4, 0.5) is 0 Å². The minimum atomic E-state index is -5.69. The third-order valence-corrected chi connectivity index (χ3v) is 10.9. The second kappa shape index (κ2) is 12.3. The molecule has 0 saturated carbocycles. The Morgan fingerprint density at radius 3 is 2.36 bits per heavy atom. The summed E-state index contributed by atoms with van der Waals surface area (Å²) in [6.45, 7) is 6.71. The van der Waals surface area contributed by atoms with E-state index < -0.39 is 59.8 Å². The Bertz CT molecular complexity index is 1180. The Hall–Kier alpha value is -0.290. The smallest absolute Gasteiger partial charge is 0.364 e. The molecule has 0 aromatic carbocycles. The maximum atomic E-state index is 12.3. The van der Waals surface area contributed by atoms with Gasteiger partial charge in [0.15, 0.2) is 0 Å². The van der Waals surface area contributed by atoms with Crippen molar-refractivity contribution in [2.45, 2.75) is 57.3 Å². The Balaban J connectivity index is 2.14. The molecule has 1 saturated heterocycles. The third kappa shape index (κ3) is 10.8. The molecule has 3 unspecified atom stereocenters. The van der Waals surface area contributed by atoms with Crippen LogP contribution < -0.4 is 11.2 Å². The quantitative estimate of drug-likeness (QED) is 0.0977. The summed E-state index contributed by atoms with van der Waals surface area (Å²) in [6.07, 6.45) is -1.52. The van der Waals surface area contributed by atoms with Crippen LogP contribution in [0.3, 0.4) is 0 Å². The van der Waals surface area contributed by atoms with Gasteiger partial charge in [0.2, 0.25) is 0 Å². The number of nitrogens with zero attached hydrogens (tertiary/aromatic N) is 1. The Morgan fingerprint density at radius 2 is 1.78 bits per heavy atom. The number of rotatable bonds is 12. The molecule has 2 rings (SSSR count). The highest BCUT2D eigenvalue weighted by Gasteiger charge is 2.43. The molecule has 5 N–H and O–H groups in total. The third-order valence-electron chi connectivity index (χ3n) is 4.09. The highest BCUT2D eigenvalue weighted by atomic mass is 33.1. The molecule has 0 bridgehead atoms. The van der Waals surface area contributed by atoms with E-state index in [1.807, 2.05) is 20.8 Å². The van der Waals surface area contributed by atoms with E-state index in [4.69, 9.17) is 19.3 Å². The van der Waals surface area contributed by atoms with Crippen molar-refractivity contribution < 1.29 is 55.9 Å². The maximum Gasteiger partial charge on any atom is 0.490 e. The van der Waals surface area contributed by atoms with Gasteiger partial charge in [-0.05, 0) is 6.92 Å². The van der Waals surface area contributed by atoms with Crippen LogP contribution in [0.1, 0.15) is 39.0 Å². The van der Waals surface area contributed by atoms with E-state index in [2.05, 4.69) is 18.1 Å². The highest BCUT2D eigenvalue weighted by Crippen LogP contribution is 2.66. The summed E-state index contributed by atoms with van der Waals surface area (Å²) in [7, 11) is -13.7. The summed E-state index contributed by atoms with van der Waals surface area (Å²) in [5.74, 6) is 0.161. The molecule has 36 heavy (non-hydrogen) atoms. The van der Waals surface area contributed by atoms with Crippen molar-refractivity contribution in [2.24, 2.45) is 0 Å². The Labute approximate surface area is 212 Å². The first-order chi connectivity index (χ1) is 16.3. The number of aryl methyl sites for hydroxylation is 1. The van der Waals surface area contributed by atoms with Crippen LogP contribution in [0.25, 0.3) is 0 Å². The summed E-state index contributed by atoms with van der Waals surface area (Å²) in [5, 5.41) is 0. The molecule has 0 spiro atoms. The summed E-state index contributed by atoms with van der Waals surface area (Å²) in [4.78, 5) is 62.3. The normalized spacial score (nSPS) is 24.4. The number of H-pyrrole nitrogens is 1. The number of phosphoric ester groups is 1. The SMILES string of the molecule is Cc1cn([C@H]2CC(OCSSC(C)(C)C)[C@@H](COP(=O)(O)OP(=O)(O)OP(=O)(O)O)O2)c(=O)[nH]c1=O. The lowest BCUT2D eigenvalue weighted by Gasteiger charge is -2.22. The van der Waals surface area contributed by atoms with Gasteiger partial charge in [0.25, 0.3) is 5.56 Å². The van der Waals surface area contributed by atoms with Crippen molar-refractivity contribution in [1.82, 2.24) is 9.55 Å². The number of aromatic nitrogens is 2. The van der Waals surface area contributed by atoms with E-state index >= 15 is 0 Å². The molecule has 0 amide bonds. The second-order valence-corrected chi connectivity index (χ2v) is 15.9. The zero-order valence-corrected chi connectivity index (χ0v) is 23.7. The fourth-order valence-electron chi connectivity index (χ4n) is 2.78. The number of phosphoric acid groups is 3. The van der Waals surface area contributed by atoms with E-state index in [-0.39, 0.29) is 22.7 Å². The molecular weight excluding hydrogens is 589 g/mol. The Morgan fingerprint density at radius 1 is 1.14 bits per heavy atom. The minimum absolute atomic E-state index is 0.0660. The zero-order valence-electron chi connectivity index (χ0n) is 19.4. The maximum absolute atomic E-state index is 12.3. The van der Waals surface area contributed by atoms with Crippen LogP contribution in [-0.4, -0.2) is 58.6 Å². The van der Waals surface area contributed by atoms with Crippen LogP contribution in [0.15, 0.2) is 15.8 Å². The van der Waals surface area contributed by atoms with Crippen LogP contribution in [0.5, 0.6) is 0 Å². The topological polar surface area (TPSA) is 233 Å². The van der Waals surface area contributed by atoms with Gasteiger partial charge >= 0.3 is 29.2 Å². The van der Waals surface area contributed by atoms with Gasteiger partial charge in [-0.3, -0.25) is 18.9 Å². The van der Waals surface area contributed by atoms with Gasteiger partial charge in [-0.15, -0.1) is 0 Å². The van der Waals surface area contributed by atoms with Crippen molar-refractivity contribution in [2.75, 3.05) is 12.5 Å². The second-order valence-electron chi connectivity index (χ2n) is 8.37. The number of aromatic amines is 1. The van der Waals surface area contributed by atoms with Crippen molar-refractivity contribution in [3.05, 3.63) is 32.6 Å². The van der Waals surface area contributed by atoms with E-state index in [1.54, 1.807) is 0 Å². The lowest BCUT2D eigenvalue weighted by Crippen LogP contribution is -2.33. The van der Waals surface area contributed by atoms with Gasteiger partial charge in [-0.2, -0.15) is 8.62 Å². The fourth-order valence-corrected chi connectivity index (χ4v) is 7.82. The minimum Gasteiger partial charge on any atom is -0.364 e. The van der Waals surface area contributed by atoms with Gasteiger partial charge in [0.1, 0.15) is 18.3 Å². The summed E-state index contributed by atoms with van der Waals surface area (Å²) >= 11 is 0. The molecule has 16 nitrogen and oxygen atoms in total. The Kier molecular flexibility index (Phi) is 10.9. The number of nitrogens with one attached hydrogen (secondary N) is 1. The molecule has 5 atom stereocenters. The molecule has 1 aromatic rings. The average molecular weight is 616 g/mol. The van der Waals surface area contributed by atoms with Crippen LogP contribution in [0.2, 0.25) is 0 Å². The molecule has 21 heteroatoms. The monoisotopic (exact) mass is 616 g/mol. The van der Waals surface area contributed by atoms with E-state index in [1.165, 1.54) is 34.7 Å². The van der Waals surface area contributed by atoms with E-state index in [9.17, 15) is 33.1 Å². The molecule has 0 aliphatic carbocycles. The molecular formula is C15H27N2O14P3S2. The van der Waals surface area contributed by atoms with Gasteiger partial charge in [-0.25, -0.2) is 18.5 Å². The van der Waals surface area contributed by atoms with Crippen LogP contribution in [0, 0.1) is 6.92 Å². The van der Waals surface area contributed by atoms with Crippen LogP contribution >= 0.6 is 45.1 Å². The van der Waals surface area contributed by atoms with Gasteiger partial charge < -0.3 is 29.0 Å². The first-order valence-corrected chi connectivity index (χ1v) is 16.8. The summed E-state index contributed by atoms with van der Waals surface area (Å²) < 4.78 is 59.0. The number of ether oxygens (including phenoxy) is 2. The standard InChI is InChI=1S/C15H27N2O14P3S2/c1-9-6-17(14(19)16-13(9)18)12-5-10(27-8-35-36-15(2,3)4)11(29-12)7-28-33(23,24)31-34(25,26)30-32(20,21)22/h6,10-12H,5,7-8H2,1-4H3,(H,23,24)(H,25,26)(H,16,18,19)(H2,20,21,22)/t10?,11-,12-/m1/s1. The predicted molar refractivity (Wildman–Crippen MR) is 129 cm³/mol. The van der Waals surface area contributed by atoms with Crippen molar-refractivity contribution in [3.8, 4) is 0 Å². The zero-order chi connectivity index (χ0) is 27.5. The van der Waals surface area contributed by atoms with Crippen molar-refractivity contribution >= 4 is 45.1 Å². The molecule has 1 fully saturated rings. The summed E-state index contributed by atoms with van der Waals surface area (Å²) in [6, 6.07) is 0. The van der Waals surface area contributed by atoms with E-state index in [0.29, 0.717) is 0 Å². The largest absolute Gasteiger partial charge is 0.490 e. The molecule has 1 aliphatic rings. The lowest BCUT2D eigenvalue weighted by molar-refractivity contribution is -0.0543. The molecule has 0 radical (unpaired) electrons. The molecule has 1 aliphatic heterocycles. The van der Waals surface area contributed by atoms with Gasteiger partial charge in [0, 0.05) is 22.9 Å². The average Bonchev–Trinajstić information content (AvgIpc) is 3.06. The van der Waals surface area contributed by atoms with Crippen LogP contribution in [-0.2, 0) is 36.3 Å². The first kappa shape index (κ1) is 31.9.